The van der Waals surface area contributed by atoms with Crippen molar-refractivity contribution in [3.63, 3.8) is 0 Å². The number of hydrogen-bond acceptors (Lipinski definition) is 6. The van der Waals surface area contributed by atoms with Gasteiger partial charge in [0.05, 0.1) is 18.9 Å². The quantitative estimate of drug-likeness (QED) is 0.103. The van der Waals surface area contributed by atoms with Crippen molar-refractivity contribution in [3.8, 4) is 40.0 Å². The monoisotopic (exact) mass is 675 g/mol. The van der Waals surface area contributed by atoms with E-state index in [1.54, 1.807) is 6.20 Å². The first-order valence-corrected chi connectivity index (χ1v) is 17.5. The normalized spacial score (nSPS) is 11.2. The molecule has 262 valence electrons. The zero-order valence-electron chi connectivity index (χ0n) is 30.2. The average molecular weight is 676 g/mol. The molecule has 0 bridgehead atoms. The predicted molar refractivity (Wildman–Crippen MR) is 199 cm³/mol. The first-order valence-electron chi connectivity index (χ1n) is 17.5. The second kappa shape index (κ2) is 17.0. The third-order valence-corrected chi connectivity index (χ3v) is 8.10. The molecule has 0 atom stereocenters. The molecule has 0 spiro atoms. The van der Waals surface area contributed by atoms with Crippen LogP contribution in [0.25, 0.3) is 11.3 Å². The second-order valence-electron chi connectivity index (χ2n) is 13.2. The minimum Gasteiger partial charge on any atom is -0.493 e. The Hall–Kier alpha value is -5.17. The zero-order valence-corrected chi connectivity index (χ0v) is 30.2. The molecule has 50 heavy (non-hydrogen) atoms. The van der Waals surface area contributed by atoms with Gasteiger partial charge in [-0.05, 0) is 93.6 Å². The summed E-state index contributed by atoms with van der Waals surface area (Å²) < 4.78 is 32.7. The van der Waals surface area contributed by atoms with E-state index in [1.807, 2.05) is 119 Å². The fourth-order valence-corrected chi connectivity index (χ4v) is 5.63. The van der Waals surface area contributed by atoms with Gasteiger partial charge < -0.3 is 23.7 Å². The van der Waals surface area contributed by atoms with Crippen LogP contribution in [0.5, 0.6) is 28.7 Å². The number of carbonyl (C=O) groups is 1. The first-order chi connectivity index (χ1) is 24.2. The Morgan fingerprint density at radius 1 is 0.720 bits per heavy atom. The van der Waals surface area contributed by atoms with Crippen molar-refractivity contribution in [2.45, 2.75) is 79.4 Å². The number of aromatic nitrogens is 1. The SMILES string of the molecule is CCCc1c(OCCCOc2cc(OCc3ccccc3)c(-c3cccn3C(=O)OC(C)(C)C)cc2CC)cccc1Oc1ccccc1C. The highest BCUT2D eigenvalue weighted by Gasteiger charge is 2.23. The minimum absolute atomic E-state index is 0.368. The largest absolute Gasteiger partial charge is 0.493 e. The standard InChI is InChI=1S/C43H49NO6/c1-7-17-34-38(23-14-24-39(34)49-37-22-13-12-18-31(37)3)46-26-16-27-47-40-29-41(48-30-32-19-10-9-11-20-32)35(28-33(40)8-2)36-21-15-25-44(36)42(45)50-43(4,5)6/h9-15,18-25,28-29H,7-8,16-17,26-27,30H2,1-6H3. The fourth-order valence-electron chi connectivity index (χ4n) is 5.63. The van der Waals surface area contributed by atoms with Crippen molar-refractivity contribution >= 4 is 6.09 Å². The van der Waals surface area contributed by atoms with E-state index in [4.69, 9.17) is 23.7 Å². The van der Waals surface area contributed by atoms with Gasteiger partial charge in [-0.25, -0.2) is 4.79 Å². The maximum Gasteiger partial charge on any atom is 0.418 e. The maximum absolute atomic E-state index is 13.2. The molecule has 7 nitrogen and oxygen atoms in total. The molecule has 0 radical (unpaired) electrons. The Labute approximate surface area is 296 Å². The lowest BCUT2D eigenvalue weighted by Gasteiger charge is -2.22. The molecule has 0 N–H and O–H groups in total. The Morgan fingerprint density at radius 2 is 1.42 bits per heavy atom. The van der Waals surface area contributed by atoms with Gasteiger partial charge in [-0.3, -0.25) is 4.57 Å². The van der Waals surface area contributed by atoms with Gasteiger partial charge in [0.15, 0.2) is 0 Å². The number of para-hydroxylation sites is 1. The Bertz CT molecular complexity index is 1850. The van der Waals surface area contributed by atoms with Crippen LogP contribution in [0.4, 0.5) is 4.79 Å². The summed E-state index contributed by atoms with van der Waals surface area (Å²) in [6.45, 7) is 13.2. The molecule has 1 heterocycles. The summed E-state index contributed by atoms with van der Waals surface area (Å²) in [5.41, 5.74) is 5.06. The van der Waals surface area contributed by atoms with Crippen molar-refractivity contribution < 1.29 is 28.5 Å². The van der Waals surface area contributed by atoms with Crippen LogP contribution in [0, 0.1) is 6.92 Å². The molecule has 0 saturated heterocycles. The number of aryl methyl sites for hydroxylation is 2. The highest BCUT2D eigenvalue weighted by molar-refractivity contribution is 5.81. The van der Waals surface area contributed by atoms with Gasteiger partial charge in [-0.1, -0.05) is 74.9 Å². The summed E-state index contributed by atoms with van der Waals surface area (Å²) in [7, 11) is 0. The van der Waals surface area contributed by atoms with Crippen molar-refractivity contribution in [3.05, 3.63) is 126 Å². The lowest BCUT2D eigenvalue weighted by atomic mass is 10.0. The summed E-state index contributed by atoms with van der Waals surface area (Å²) in [5, 5.41) is 0. The molecule has 0 unspecified atom stereocenters. The molecule has 0 aliphatic heterocycles. The molecule has 4 aromatic carbocycles. The van der Waals surface area contributed by atoms with Crippen LogP contribution >= 0.6 is 0 Å². The lowest BCUT2D eigenvalue weighted by molar-refractivity contribution is 0.0540. The molecule has 0 amide bonds. The van der Waals surface area contributed by atoms with Gasteiger partial charge >= 0.3 is 6.09 Å². The third-order valence-electron chi connectivity index (χ3n) is 8.10. The van der Waals surface area contributed by atoms with Crippen LogP contribution < -0.4 is 18.9 Å². The fraction of sp³-hybridized carbons (Fsp3) is 0.326. The number of benzene rings is 4. The van der Waals surface area contributed by atoms with Gasteiger partial charge in [0.2, 0.25) is 0 Å². The van der Waals surface area contributed by atoms with E-state index in [1.165, 1.54) is 4.57 Å². The number of ether oxygens (including phenoxy) is 5. The molecule has 7 heteroatoms. The number of hydrogen-bond donors (Lipinski definition) is 0. The maximum atomic E-state index is 13.2. The number of carbonyl (C=O) groups excluding carboxylic acids is 1. The topological polar surface area (TPSA) is 68.2 Å². The van der Waals surface area contributed by atoms with Crippen LogP contribution in [-0.4, -0.2) is 29.5 Å². The molecular formula is C43H49NO6. The second-order valence-corrected chi connectivity index (χ2v) is 13.2. The van der Waals surface area contributed by atoms with Gasteiger partial charge in [0.25, 0.3) is 0 Å². The average Bonchev–Trinajstić information content (AvgIpc) is 3.59. The van der Waals surface area contributed by atoms with E-state index in [9.17, 15) is 4.79 Å². The van der Waals surface area contributed by atoms with E-state index in [0.717, 1.165) is 70.1 Å². The van der Waals surface area contributed by atoms with Crippen LogP contribution in [0.15, 0.2) is 103 Å². The molecule has 1 aromatic heterocycles. The highest BCUT2D eigenvalue weighted by Crippen LogP contribution is 2.38. The summed E-state index contributed by atoms with van der Waals surface area (Å²) in [6.07, 6.45) is 4.51. The summed E-state index contributed by atoms with van der Waals surface area (Å²) in [4.78, 5) is 13.2. The molecule has 0 fully saturated rings. The Kier molecular flexibility index (Phi) is 12.3. The van der Waals surface area contributed by atoms with Crippen LogP contribution in [0.2, 0.25) is 0 Å². The molecule has 5 aromatic rings. The molecule has 0 aliphatic rings. The number of nitrogens with zero attached hydrogens (tertiary/aromatic N) is 1. The highest BCUT2D eigenvalue weighted by atomic mass is 16.6. The zero-order chi connectivity index (χ0) is 35.5. The van der Waals surface area contributed by atoms with E-state index < -0.39 is 11.7 Å². The lowest BCUT2D eigenvalue weighted by Crippen LogP contribution is -2.27. The van der Waals surface area contributed by atoms with Crippen LogP contribution in [-0.2, 0) is 24.2 Å². The van der Waals surface area contributed by atoms with Gasteiger partial charge in [-0.2, -0.15) is 0 Å². The molecule has 0 aliphatic carbocycles. The van der Waals surface area contributed by atoms with Crippen LogP contribution in [0.3, 0.4) is 0 Å². The molecule has 5 rings (SSSR count). The third kappa shape index (κ3) is 9.50. The first kappa shape index (κ1) is 36.1. The molecular weight excluding hydrogens is 626 g/mol. The Morgan fingerprint density at radius 3 is 2.14 bits per heavy atom. The molecule has 0 saturated carbocycles. The summed E-state index contributed by atoms with van der Waals surface area (Å²) >= 11 is 0. The van der Waals surface area contributed by atoms with Crippen molar-refractivity contribution in [1.29, 1.82) is 0 Å². The van der Waals surface area contributed by atoms with Gasteiger partial charge in [-0.15, -0.1) is 0 Å². The van der Waals surface area contributed by atoms with Crippen molar-refractivity contribution in [1.82, 2.24) is 4.57 Å². The summed E-state index contributed by atoms with van der Waals surface area (Å²) in [6, 6.07) is 31.8. The van der Waals surface area contributed by atoms with Crippen molar-refractivity contribution in [2.75, 3.05) is 13.2 Å². The van der Waals surface area contributed by atoms with E-state index >= 15 is 0 Å². The van der Waals surface area contributed by atoms with Crippen LogP contribution in [0.1, 0.15) is 69.7 Å². The number of rotatable bonds is 15. The van der Waals surface area contributed by atoms with E-state index in [2.05, 4.69) is 19.9 Å². The Balaban J connectivity index is 1.32. The van der Waals surface area contributed by atoms with E-state index in [-0.39, 0.29) is 0 Å². The van der Waals surface area contributed by atoms with Crippen molar-refractivity contribution in [2.24, 2.45) is 0 Å². The van der Waals surface area contributed by atoms with Gasteiger partial charge in [0.1, 0.15) is 41.0 Å². The minimum atomic E-state index is -0.628. The summed E-state index contributed by atoms with van der Waals surface area (Å²) in [5.74, 6) is 3.87. The van der Waals surface area contributed by atoms with E-state index in [0.29, 0.717) is 37.7 Å². The smallest absolute Gasteiger partial charge is 0.418 e. The predicted octanol–water partition coefficient (Wildman–Crippen LogP) is 11.0. The van der Waals surface area contributed by atoms with Gasteiger partial charge in [0, 0.05) is 29.8 Å².